The molecular weight excluding hydrogens is 306 g/mol. The van der Waals surface area contributed by atoms with Gasteiger partial charge in [-0.15, -0.1) is 0 Å². The second-order valence-corrected chi connectivity index (χ2v) is 5.73. The minimum absolute atomic E-state index is 0.0715. The number of Topliss-reactive ketones (excluding diaryl/α,β-unsaturated/α-hetero) is 1. The molecule has 0 saturated heterocycles. The lowest BCUT2D eigenvalue weighted by Crippen LogP contribution is -2.24. The van der Waals surface area contributed by atoms with Gasteiger partial charge in [0, 0.05) is 17.7 Å². The zero-order valence-electron chi connectivity index (χ0n) is 13.2. The summed E-state index contributed by atoms with van der Waals surface area (Å²) in [5, 5.41) is 9.28. The number of nitrogens with zero attached hydrogens (tertiary/aromatic N) is 1. The molecule has 0 bridgehead atoms. The summed E-state index contributed by atoms with van der Waals surface area (Å²) in [6.45, 7) is 2.14. The van der Waals surface area contributed by atoms with Crippen molar-refractivity contribution in [2.45, 2.75) is 25.8 Å². The molecule has 0 spiro atoms. The number of aliphatic carboxylic acids is 1. The minimum atomic E-state index is -1.16. The van der Waals surface area contributed by atoms with E-state index in [-0.39, 0.29) is 18.1 Å². The number of carboxylic acids is 1. The first-order valence-corrected chi connectivity index (χ1v) is 7.78. The van der Waals surface area contributed by atoms with E-state index in [4.69, 9.17) is 0 Å². The van der Waals surface area contributed by atoms with Crippen molar-refractivity contribution in [3.63, 3.8) is 0 Å². The van der Waals surface area contributed by atoms with E-state index >= 15 is 0 Å². The molecule has 5 heteroatoms. The van der Waals surface area contributed by atoms with Crippen LogP contribution >= 0.6 is 0 Å². The third kappa shape index (κ3) is 2.69. The molecule has 24 heavy (non-hydrogen) atoms. The van der Waals surface area contributed by atoms with Crippen molar-refractivity contribution < 1.29 is 19.5 Å². The van der Waals surface area contributed by atoms with E-state index in [0.29, 0.717) is 23.4 Å². The van der Waals surface area contributed by atoms with Crippen LogP contribution in [0.1, 0.15) is 40.7 Å². The zero-order valence-corrected chi connectivity index (χ0v) is 13.2. The molecule has 0 radical (unpaired) electrons. The molecule has 0 unspecified atom stereocenters. The lowest BCUT2D eigenvalue weighted by Gasteiger charge is -2.17. The predicted molar refractivity (Wildman–Crippen MR) is 89.1 cm³/mol. The van der Waals surface area contributed by atoms with Gasteiger partial charge < -0.3 is 10.0 Å². The molecule has 1 aliphatic rings. The van der Waals surface area contributed by atoms with E-state index < -0.39 is 11.9 Å². The van der Waals surface area contributed by atoms with Crippen LogP contribution in [0, 0.1) is 0 Å². The number of rotatable bonds is 5. The highest BCUT2D eigenvalue weighted by molar-refractivity contribution is 6.10. The van der Waals surface area contributed by atoms with Crippen LogP contribution in [0.15, 0.2) is 48.5 Å². The summed E-state index contributed by atoms with van der Waals surface area (Å²) in [6.07, 6.45) is 0.165. The highest BCUT2D eigenvalue weighted by Crippen LogP contribution is 2.29. The van der Waals surface area contributed by atoms with Gasteiger partial charge in [0.2, 0.25) is 0 Å². The van der Waals surface area contributed by atoms with Crippen molar-refractivity contribution in [3.8, 4) is 0 Å². The molecule has 0 aromatic heterocycles. The molecule has 0 saturated carbocycles. The molecule has 1 atom stereocenters. The van der Waals surface area contributed by atoms with Crippen LogP contribution in [0.3, 0.4) is 0 Å². The summed E-state index contributed by atoms with van der Waals surface area (Å²) in [5.74, 6) is -2.72. The Labute approximate surface area is 139 Å². The van der Waals surface area contributed by atoms with Crippen LogP contribution in [0.4, 0.5) is 5.69 Å². The lowest BCUT2D eigenvalue weighted by atomic mass is 9.93. The number of carbonyl (C=O) groups excluding carboxylic acids is 2. The van der Waals surface area contributed by atoms with Gasteiger partial charge in [-0.1, -0.05) is 37.3 Å². The van der Waals surface area contributed by atoms with Crippen LogP contribution in [-0.2, 0) is 16.1 Å². The SMILES string of the molecule is CCC(=O)[C@H](C(=O)O)c1ccc(N2Cc3ccccc3C2=O)cc1. The molecule has 2 aromatic carbocycles. The first kappa shape index (κ1) is 15.9. The molecular formula is C19H17NO4. The third-order valence-corrected chi connectivity index (χ3v) is 4.28. The Bertz CT molecular complexity index is 810. The number of benzene rings is 2. The molecule has 5 nitrogen and oxygen atoms in total. The lowest BCUT2D eigenvalue weighted by molar-refractivity contribution is -0.142. The summed E-state index contributed by atoms with van der Waals surface area (Å²) in [6, 6.07) is 14.0. The first-order valence-electron chi connectivity index (χ1n) is 7.78. The molecule has 2 aromatic rings. The van der Waals surface area contributed by atoms with E-state index in [2.05, 4.69) is 0 Å². The molecule has 0 fully saturated rings. The van der Waals surface area contributed by atoms with Crippen molar-refractivity contribution in [3.05, 3.63) is 65.2 Å². The molecule has 1 amide bonds. The Morgan fingerprint density at radius 2 is 1.79 bits per heavy atom. The van der Waals surface area contributed by atoms with Gasteiger partial charge in [-0.2, -0.15) is 0 Å². The maximum absolute atomic E-state index is 12.5. The van der Waals surface area contributed by atoms with E-state index in [1.54, 1.807) is 42.2 Å². The van der Waals surface area contributed by atoms with Gasteiger partial charge in [0.05, 0.1) is 6.54 Å². The second-order valence-electron chi connectivity index (χ2n) is 5.73. The number of anilines is 1. The summed E-state index contributed by atoms with van der Waals surface area (Å²) < 4.78 is 0. The normalized spacial score (nSPS) is 14.4. The smallest absolute Gasteiger partial charge is 0.318 e. The van der Waals surface area contributed by atoms with Crippen LogP contribution in [0.2, 0.25) is 0 Å². The largest absolute Gasteiger partial charge is 0.480 e. The minimum Gasteiger partial charge on any atom is -0.480 e. The molecule has 1 aliphatic heterocycles. The number of fused-ring (bicyclic) bond motifs is 1. The standard InChI is InChI=1S/C19H17NO4/c1-2-16(21)17(19(23)24)12-7-9-14(10-8-12)20-11-13-5-3-4-6-15(13)18(20)22/h3-10,17H,2,11H2,1H3,(H,23,24)/t17-/m1/s1. The second kappa shape index (κ2) is 6.28. The summed E-state index contributed by atoms with van der Waals surface area (Å²) in [5.41, 5.74) is 2.78. The van der Waals surface area contributed by atoms with Crippen molar-refractivity contribution in [1.29, 1.82) is 0 Å². The van der Waals surface area contributed by atoms with Gasteiger partial charge in [0.25, 0.3) is 5.91 Å². The van der Waals surface area contributed by atoms with Gasteiger partial charge in [-0.25, -0.2) is 0 Å². The van der Waals surface area contributed by atoms with E-state index in [1.807, 2.05) is 18.2 Å². The number of ketones is 1. The maximum atomic E-state index is 12.5. The van der Waals surface area contributed by atoms with Crippen LogP contribution < -0.4 is 4.90 Å². The fourth-order valence-corrected chi connectivity index (χ4v) is 2.98. The third-order valence-electron chi connectivity index (χ3n) is 4.28. The molecule has 122 valence electrons. The van der Waals surface area contributed by atoms with Gasteiger partial charge in [-0.3, -0.25) is 14.4 Å². The molecule has 3 rings (SSSR count). The predicted octanol–water partition coefficient (Wildman–Crippen LogP) is 2.99. The van der Waals surface area contributed by atoms with Crippen molar-refractivity contribution in [1.82, 2.24) is 0 Å². The Kier molecular flexibility index (Phi) is 4.16. The fraction of sp³-hybridized carbons (Fsp3) is 0.211. The summed E-state index contributed by atoms with van der Waals surface area (Å²) in [7, 11) is 0. The quantitative estimate of drug-likeness (QED) is 0.858. The summed E-state index contributed by atoms with van der Waals surface area (Å²) >= 11 is 0. The van der Waals surface area contributed by atoms with Crippen LogP contribution in [0.25, 0.3) is 0 Å². The van der Waals surface area contributed by atoms with Gasteiger partial charge >= 0.3 is 5.97 Å². The van der Waals surface area contributed by atoms with Crippen molar-refractivity contribution >= 4 is 23.3 Å². The number of hydrogen-bond donors (Lipinski definition) is 1. The van der Waals surface area contributed by atoms with Gasteiger partial charge in [0.15, 0.2) is 5.78 Å². The van der Waals surface area contributed by atoms with E-state index in [9.17, 15) is 19.5 Å². The van der Waals surface area contributed by atoms with Crippen molar-refractivity contribution in [2.24, 2.45) is 0 Å². The Morgan fingerprint density at radius 1 is 1.12 bits per heavy atom. The Morgan fingerprint density at radius 3 is 2.38 bits per heavy atom. The highest BCUT2D eigenvalue weighted by atomic mass is 16.4. The van der Waals surface area contributed by atoms with Gasteiger partial charge in [-0.05, 0) is 29.3 Å². The van der Waals surface area contributed by atoms with Gasteiger partial charge in [0.1, 0.15) is 5.92 Å². The van der Waals surface area contributed by atoms with E-state index in [1.165, 1.54) is 0 Å². The topological polar surface area (TPSA) is 74.7 Å². The van der Waals surface area contributed by atoms with E-state index in [0.717, 1.165) is 5.56 Å². The monoisotopic (exact) mass is 323 g/mol. The first-order chi connectivity index (χ1) is 11.5. The average molecular weight is 323 g/mol. The molecule has 0 aliphatic carbocycles. The number of hydrogen-bond acceptors (Lipinski definition) is 3. The van der Waals surface area contributed by atoms with Crippen LogP contribution in [0.5, 0.6) is 0 Å². The average Bonchev–Trinajstić information content (AvgIpc) is 2.92. The number of amides is 1. The highest BCUT2D eigenvalue weighted by Gasteiger charge is 2.29. The van der Waals surface area contributed by atoms with Crippen molar-refractivity contribution in [2.75, 3.05) is 4.90 Å². The fourth-order valence-electron chi connectivity index (χ4n) is 2.98. The Balaban J connectivity index is 1.87. The molecule has 1 heterocycles. The summed E-state index contributed by atoms with van der Waals surface area (Å²) in [4.78, 5) is 37.3. The number of carbonyl (C=O) groups is 3. The molecule has 1 N–H and O–H groups in total. The van der Waals surface area contributed by atoms with Crippen LogP contribution in [-0.4, -0.2) is 22.8 Å². The maximum Gasteiger partial charge on any atom is 0.318 e. The Hall–Kier alpha value is -2.95. The zero-order chi connectivity index (χ0) is 17.3. The number of carboxylic acid groups (broad SMARTS) is 1.